The van der Waals surface area contributed by atoms with Crippen LogP contribution in [-0.2, 0) is 6.54 Å². The second-order valence-corrected chi connectivity index (χ2v) is 11.0. The zero-order valence-corrected chi connectivity index (χ0v) is 19.7. The van der Waals surface area contributed by atoms with Gasteiger partial charge in [-0.15, -0.1) is 0 Å². The third-order valence-electron chi connectivity index (χ3n) is 8.28. The Bertz CT molecular complexity index is 1400. The molecule has 3 aromatic heterocycles. The summed E-state index contributed by atoms with van der Waals surface area (Å²) in [6, 6.07) is 7.88. The van der Waals surface area contributed by atoms with E-state index in [1.165, 1.54) is 5.57 Å². The van der Waals surface area contributed by atoms with Crippen LogP contribution in [0.3, 0.4) is 0 Å². The number of fused-ring (bicyclic) bond motifs is 1. The Morgan fingerprint density at radius 1 is 1.14 bits per heavy atom. The second kappa shape index (κ2) is 7.85. The van der Waals surface area contributed by atoms with E-state index >= 15 is 0 Å². The molecule has 0 atom stereocenters. The fourth-order valence-corrected chi connectivity index (χ4v) is 5.95. The largest absolute Gasteiger partial charge is 0.345 e. The minimum absolute atomic E-state index is 0.0287. The van der Waals surface area contributed by atoms with Crippen LogP contribution < -0.4 is 10.9 Å². The fraction of sp³-hybridized carbons (Fsp3) is 0.429. The molecule has 0 aromatic carbocycles. The molecule has 3 aromatic rings. The van der Waals surface area contributed by atoms with Gasteiger partial charge < -0.3 is 10.3 Å². The first-order valence-corrected chi connectivity index (χ1v) is 12.8. The van der Waals surface area contributed by atoms with E-state index in [1.807, 2.05) is 30.6 Å². The molecule has 4 fully saturated rings. The molecule has 1 amide bonds. The number of nitrogens with zero attached hydrogens (tertiary/aromatic N) is 3. The van der Waals surface area contributed by atoms with Crippen LogP contribution in [0.1, 0.15) is 71.6 Å². The molecule has 8 rings (SSSR count). The van der Waals surface area contributed by atoms with Crippen molar-refractivity contribution in [2.75, 3.05) is 13.1 Å². The van der Waals surface area contributed by atoms with Crippen molar-refractivity contribution < 1.29 is 4.79 Å². The second-order valence-electron chi connectivity index (χ2n) is 11.0. The lowest BCUT2D eigenvalue weighted by atomic mass is 9.50. The number of hydrogen-bond acceptors (Lipinski definition) is 5. The number of aromatic amines is 1. The Morgan fingerprint density at radius 2 is 2.00 bits per heavy atom. The molecule has 2 bridgehead atoms. The Kier molecular flexibility index (Phi) is 4.71. The van der Waals surface area contributed by atoms with Crippen LogP contribution in [0.5, 0.6) is 0 Å². The van der Waals surface area contributed by atoms with Gasteiger partial charge in [-0.2, -0.15) is 0 Å². The number of pyridine rings is 3. The number of hydrogen-bond donors (Lipinski definition) is 2. The zero-order chi connectivity index (χ0) is 23.6. The average molecular weight is 468 g/mol. The van der Waals surface area contributed by atoms with Gasteiger partial charge >= 0.3 is 0 Å². The summed E-state index contributed by atoms with van der Waals surface area (Å²) in [5.74, 6) is 1.21. The molecule has 5 aliphatic rings. The predicted octanol–water partition coefficient (Wildman–Crippen LogP) is 3.77. The molecular weight excluding hydrogens is 438 g/mol. The van der Waals surface area contributed by atoms with Crippen molar-refractivity contribution in [2.45, 2.75) is 56.5 Å². The fourth-order valence-electron chi connectivity index (χ4n) is 5.95. The van der Waals surface area contributed by atoms with Crippen molar-refractivity contribution in [3.05, 3.63) is 75.5 Å². The normalized spacial score (nSPS) is 25.5. The summed E-state index contributed by atoms with van der Waals surface area (Å²) in [4.78, 5) is 39.4. The highest BCUT2D eigenvalue weighted by molar-refractivity contribution is 5.93. The van der Waals surface area contributed by atoms with Crippen molar-refractivity contribution >= 4 is 22.5 Å². The van der Waals surface area contributed by atoms with E-state index in [1.54, 1.807) is 0 Å². The van der Waals surface area contributed by atoms with E-state index in [0.717, 1.165) is 91.8 Å². The summed E-state index contributed by atoms with van der Waals surface area (Å²) in [5.41, 5.74) is 6.63. The lowest BCUT2D eigenvalue weighted by Crippen LogP contribution is -2.68. The van der Waals surface area contributed by atoms with Crippen molar-refractivity contribution in [3.8, 4) is 0 Å². The summed E-state index contributed by atoms with van der Waals surface area (Å²) >= 11 is 0. The van der Waals surface area contributed by atoms with Gasteiger partial charge in [0.15, 0.2) is 0 Å². The zero-order valence-electron chi connectivity index (χ0n) is 19.7. The van der Waals surface area contributed by atoms with Gasteiger partial charge in [-0.25, -0.2) is 0 Å². The number of aromatic nitrogens is 3. The minimum Gasteiger partial charge on any atom is -0.345 e. The van der Waals surface area contributed by atoms with Crippen LogP contribution >= 0.6 is 0 Å². The Labute approximate surface area is 203 Å². The maximum absolute atomic E-state index is 12.5. The van der Waals surface area contributed by atoms with Crippen molar-refractivity contribution in [1.29, 1.82) is 0 Å². The SMILES string of the molecule is O=C(NC12CC(C1)C2)c1ccc(C2=CCN(Cc3cnc4cc(C5CC5)c(=O)[nH]c4c3)CC2)cn1. The molecule has 0 spiro atoms. The maximum atomic E-state index is 12.5. The molecule has 2 N–H and O–H groups in total. The van der Waals surface area contributed by atoms with Crippen LogP contribution in [0.15, 0.2) is 47.5 Å². The van der Waals surface area contributed by atoms with Crippen LogP contribution in [0.25, 0.3) is 16.6 Å². The average Bonchev–Trinajstić information content (AvgIpc) is 3.66. The molecule has 4 saturated carbocycles. The van der Waals surface area contributed by atoms with Gasteiger partial charge in [-0.1, -0.05) is 12.1 Å². The highest BCUT2D eigenvalue weighted by atomic mass is 16.2. The lowest BCUT2D eigenvalue weighted by molar-refractivity contribution is -0.0439. The Hall–Kier alpha value is -3.32. The third-order valence-corrected chi connectivity index (χ3v) is 8.28. The standard InChI is InChI=1S/C28H29N5O2/c34-26-22(20-1-2-20)10-24-25(31-26)9-17(14-29-24)16-33-7-5-19(6-8-33)21-3-4-23(30-15-21)27(35)32-28-11-18(12-28)13-28/h3-5,9-10,14-15,18,20H,1-2,6-8,11-13,16H2,(H,31,34)(H,32,35). The van der Waals surface area contributed by atoms with Crippen molar-refractivity contribution in [1.82, 2.24) is 25.2 Å². The smallest absolute Gasteiger partial charge is 0.270 e. The summed E-state index contributed by atoms with van der Waals surface area (Å²) in [6.45, 7) is 2.57. The summed E-state index contributed by atoms with van der Waals surface area (Å²) in [5, 5.41) is 3.18. The van der Waals surface area contributed by atoms with Gasteiger partial charge in [-0.3, -0.25) is 24.5 Å². The Balaban J connectivity index is 0.993. The molecule has 1 aliphatic heterocycles. The first kappa shape index (κ1) is 21.0. The van der Waals surface area contributed by atoms with Gasteiger partial charge in [0.1, 0.15) is 5.69 Å². The molecule has 0 saturated heterocycles. The highest BCUT2D eigenvalue weighted by Gasteiger charge is 2.57. The van der Waals surface area contributed by atoms with E-state index in [-0.39, 0.29) is 17.0 Å². The van der Waals surface area contributed by atoms with Crippen LogP contribution in [0.2, 0.25) is 0 Å². The quantitative estimate of drug-likeness (QED) is 0.576. The van der Waals surface area contributed by atoms with Crippen LogP contribution in [0, 0.1) is 5.92 Å². The van der Waals surface area contributed by atoms with Gasteiger partial charge in [0, 0.05) is 43.1 Å². The van der Waals surface area contributed by atoms with E-state index in [4.69, 9.17) is 0 Å². The molecule has 7 heteroatoms. The number of carbonyl (C=O) groups excluding carboxylic acids is 1. The van der Waals surface area contributed by atoms with Gasteiger partial charge in [0.2, 0.25) is 0 Å². The molecule has 4 heterocycles. The molecule has 0 unspecified atom stereocenters. The van der Waals surface area contributed by atoms with E-state index in [9.17, 15) is 9.59 Å². The highest BCUT2D eigenvalue weighted by Crippen LogP contribution is 2.56. The predicted molar refractivity (Wildman–Crippen MR) is 134 cm³/mol. The first-order valence-electron chi connectivity index (χ1n) is 12.8. The molecule has 35 heavy (non-hydrogen) atoms. The van der Waals surface area contributed by atoms with Crippen molar-refractivity contribution in [3.63, 3.8) is 0 Å². The molecular formula is C28H29N5O2. The molecule has 0 radical (unpaired) electrons. The topological polar surface area (TPSA) is 91.0 Å². The lowest BCUT2D eigenvalue weighted by Gasteiger charge is -2.61. The summed E-state index contributed by atoms with van der Waals surface area (Å²) in [6.07, 6.45) is 12.6. The van der Waals surface area contributed by atoms with Gasteiger partial charge in [0.05, 0.1) is 11.0 Å². The maximum Gasteiger partial charge on any atom is 0.270 e. The monoisotopic (exact) mass is 467 g/mol. The van der Waals surface area contributed by atoms with E-state index in [2.05, 4.69) is 37.3 Å². The minimum atomic E-state index is -0.0485. The van der Waals surface area contributed by atoms with Gasteiger partial charge in [-0.05, 0) is 85.3 Å². The van der Waals surface area contributed by atoms with Gasteiger partial charge in [0.25, 0.3) is 11.5 Å². The number of amides is 1. The number of H-pyrrole nitrogens is 1. The summed E-state index contributed by atoms with van der Waals surface area (Å²) < 4.78 is 0. The first-order chi connectivity index (χ1) is 17.0. The molecule has 7 nitrogen and oxygen atoms in total. The van der Waals surface area contributed by atoms with Crippen LogP contribution in [0.4, 0.5) is 0 Å². The summed E-state index contributed by atoms with van der Waals surface area (Å²) in [7, 11) is 0. The van der Waals surface area contributed by atoms with E-state index in [0.29, 0.717) is 11.6 Å². The van der Waals surface area contributed by atoms with Crippen LogP contribution in [-0.4, -0.2) is 44.4 Å². The molecule has 4 aliphatic carbocycles. The van der Waals surface area contributed by atoms with Crippen molar-refractivity contribution in [2.24, 2.45) is 5.92 Å². The number of carbonyl (C=O) groups is 1. The number of nitrogens with one attached hydrogen (secondary N) is 2. The van der Waals surface area contributed by atoms with E-state index < -0.39 is 0 Å². The molecule has 178 valence electrons. The number of rotatable bonds is 6. The Morgan fingerprint density at radius 3 is 2.66 bits per heavy atom. The third kappa shape index (κ3) is 3.88.